The summed E-state index contributed by atoms with van der Waals surface area (Å²) in [5, 5.41) is 13.6. The molecule has 1 aliphatic heterocycles. The number of thiocarbonyl (C=S) groups is 1. The molecule has 0 unspecified atom stereocenters. The Bertz CT molecular complexity index is 1050. The normalized spacial score (nSPS) is 15.2. The van der Waals surface area contributed by atoms with E-state index in [0.717, 1.165) is 4.47 Å². The molecule has 2 aromatic rings. The van der Waals surface area contributed by atoms with Crippen LogP contribution in [0.3, 0.4) is 0 Å². The SMILES string of the molecule is O=C(CCCN1C(=O)/C(=C/c2cc(Br)cc(Br)c2O)SC1=S)Nc1ccc(Cl)cc1. The fourth-order valence-corrected chi connectivity index (χ4v) is 5.37. The second kappa shape index (κ2) is 10.3. The van der Waals surface area contributed by atoms with Crippen molar-refractivity contribution >= 4 is 95.3 Å². The molecule has 0 aromatic heterocycles. The Morgan fingerprint density at radius 3 is 2.67 bits per heavy atom. The van der Waals surface area contributed by atoms with Crippen molar-refractivity contribution in [3.63, 3.8) is 0 Å². The molecule has 1 heterocycles. The third kappa shape index (κ3) is 5.85. The summed E-state index contributed by atoms with van der Waals surface area (Å²) in [6, 6.07) is 10.3. The molecule has 2 aromatic carbocycles. The number of aromatic hydroxyl groups is 1. The maximum atomic E-state index is 12.7. The monoisotopic (exact) mass is 588 g/mol. The molecule has 0 aliphatic carbocycles. The van der Waals surface area contributed by atoms with Crippen LogP contribution < -0.4 is 5.32 Å². The molecular weight excluding hydrogens is 576 g/mol. The number of nitrogens with one attached hydrogen (secondary N) is 1. The summed E-state index contributed by atoms with van der Waals surface area (Å²) in [6.07, 6.45) is 2.32. The molecule has 0 bridgehead atoms. The van der Waals surface area contributed by atoms with Crippen LogP contribution in [0.1, 0.15) is 18.4 Å². The number of halogens is 3. The molecule has 0 radical (unpaired) electrons. The van der Waals surface area contributed by atoms with Gasteiger partial charge in [-0.2, -0.15) is 0 Å². The molecular formula is C20H15Br2ClN2O3S2. The van der Waals surface area contributed by atoms with Gasteiger partial charge in [-0.15, -0.1) is 0 Å². The van der Waals surface area contributed by atoms with Gasteiger partial charge in [0, 0.05) is 33.7 Å². The van der Waals surface area contributed by atoms with Crippen molar-refractivity contribution in [3.8, 4) is 5.75 Å². The standard InChI is InChI=1S/C20H15Br2ClN2O3S2/c21-12-8-11(18(27)15(22)10-12)9-16-19(28)25(20(29)30-16)7-1-2-17(26)24-14-5-3-13(23)4-6-14/h3-6,8-10,27H,1-2,7H2,(H,24,26)/b16-9-. The summed E-state index contributed by atoms with van der Waals surface area (Å²) in [5.41, 5.74) is 1.16. The summed E-state index contributed by atoms with van der Waals surface area (Å²) in [6.45, 7) is 0.338. The summed E-state index contributed by atoms with van der Waals surface area (Å²) in [7, 11) is 0. The molecule has 3 rings (SSSR count). The average Bonchev–Trinajstić information content (AvgIpc) is 2.95. The van der Waals surface area contributed by atoms with Crippen LogP contribution in [0.2, 0.25) is 5.02 Å². The third-order valence-electron chi connectivity index (χ3n) is 4.13. The van der Waals surface area contributed by atoms with E-state index in [2.05, 4.69) is 37.2 Å². The van der Waals surface area contributed by atoms with Crippen molar-refractivity contribution in [3.05, 3.63) is 60.8 Å². The van der Waals surface area contributed by atoms with E-state index in [9.17, 15) is 14.7 Å². The van der Waals surface area contributed by atoms with E-state index in [1.54, 1.807) is 42.5 Å². The van der Waals surface area contributed by atoms with Crippen molar-refractivity contribution in [1.29, 1.82) is 0 Å². The molecule has 30 heavy (non-hydrogen) atoms. The van der Waals surface area contributed by atoms with Gasteiger partial charge in [-0.05, 0) is 64.8 Å². The van der Waals surface area contributed by atoms with Crippen LogP contribution in [0.5, 0.6) is 5.75 Å². The molecule has 0 atom stereocenters. The zero-order valence-electron chi connectivity index (χ0n) is 15.3. The Kier molecular flexibility index (Phi) is 7.98. The van der Waals surface area contributed by atoms with Crippen molar-refractivity contribution < 1.29 is 14.7 Å². The second-order valence-electron chi connectivity index (χ2n) is 6.32. The summed E-state index contributed by atoms with van der Waals surface area (Å²) in [4.78, 5) is 26.7. The predicted molar refractivity (Wildman–Crippen MR) is 133 cm³/mol. The first-order chi connectivity index (χ1) is 14.2. The van der Waals surface area contributed by atoms with E-state index in [1.807, 2.05) is 0 Å². The average molecular weight is 591 g/mol. The molecule has 2 N–H and O–H groups in total. The van der Waals surface area contributed by atoms with Crippen molar-refractivity contribution in [2.24, 2.45) is 0 Å². The molecule has 1 fully saturated rings. The van der Waals surface area contributed by atoms with Crippen LogP contribution in [-0.2, 0) is 9.59 Å². The highest BCUT2D eigenvalue weighted by Crippen LogP contribution is 2.37. The minimum Gasteiger partial charge on any atom is -0.506 e. The zero-order valence-corrected chi connectivity index (χ0v) is 20.9. The zero-order chi connectivity index (χ0) is 21.8. The van der Waals surface area contributed by atoms with Crippen LogP contribution in [0, 0.1) is 0 Å². The quantitative estimate of drug-likeness (QED) is 0.310. The molecule has 1 aliphatic rings. The molecule has 2 amide bonds. The van der Waals surface area contributed by atoms with E-state index in [4.69, 9.17) is 23.8 Å². The first-order valence-electron chi connectivity index (χ1n) is 8.73. The highest BCUT2D eigenvalue weighted by Gasteiger charge is 2.32. The van der Waals surface area contributed by atoms with Gasteiger partial charge in [-0.25, -0.2) is 0 Å². The maximum Gasteiger partial charge on any atom is 0.266 e. The highest BCUT2D eigenvalue weighted by molar-refractivity contribution is 9.11. The van der Waals surface area contributed by atoms with Crippen molar-refractivity contribution in [1.82, 2.24) is 4.90 Å². The van der Waals surface area contributed by atoms with E-state index in [-0.39, 0.29) is 24.0 Å². The minimum atomic E-state index is -0.237. The number of hydrogen-bond donors (Lipinski definition) is 2. The molecule has 0 saturated carbocycles. The molecule has 156 valence electrons. The third-order valence-corrected chi connectivity index (χ3v) is 6.82. The van der Waals surface area contributed by atoms with Gasteiger partial charge in [0.1, 0.15) is 10.1 Å². The Balaban J connectivity index is 1.59. The number of nitrogens with zero attached hydrogens (tertiary/aromatic N) is 1. The van der Waals surface area contributed by atoms with Gasteiger partial charge in [0.25, 0.3) is 5.91 Å². The van der Waals surface area contributed by atoms with Gasteiger partial charge in [0.05, 0.1) is 9.38 Å². The van der Waals surface area contributed by atoms with Gasteiger partial charge in [-0.3, -0.25) is 14.5 Å². The molecule has 1 saturated heterocycles. The largest absolute Gasteiger partial charge is 0.506 e. The smallest absolute Gasteiger partial charge is 0.266 e. The van der Waals surface area contributed by atoms with Crippen LogP contribution in [0.4, 0.5) is 5.69 Å². The van der Waals surface area contributed by atoms with Crippen molar-refractivity contribution in [2.75, 3.05) is 11.9 Å². The van der Waals surface area contributed by atoms with Crippen LogP contribution in [0.25, 0.3) is 6.08 Å². The first kappa shape index (κ1) is 23.3. The number of rotatable bonds is 6. The number of phenols is 1. The fraction of sp³-hybridized carbons (Fsp3) is 0.150. The lowest BCUT2D eigenvalue weighted by Crippen LogP contribution is -2.29. The van der Waals surface area contributed by atoms with E-state index in [0.29, 0.717) is 42.9 Å². The lowest BCUT2D eigenvalue weighted by molar-refractivity contribution is -0.122. The fourth-order valence-electron chi connectivity index (χ4n) is 2.68. The topological polar surface area (TPSA) is 69.6 Å². The lowest BCUT2D eigenvalue weighted by atomic mass is 10.2. The Hall–Kier alpha value is -1.39. The van der Waals surface area contributed by atoms with Gasteiger partial charge < -0.3 is 10.4 Å². The van der Waals surface area contributed by atoms with Gasteiger partial charge in [0.15, 0.2) is 0 Å². The summed E-state index contributed by atoms with van der Waals surface area (Å²) < 4.78 is 1.71. The Morgan fingerprint density at radius 2 is 1.97 bits per heavy atom. The maximum absolute atomic E-state index is 12.7. The number of carbonyl (C=O) groups excluding carboxylic acids is 2. The molecule has 0 spiro atoms. The Morgan fingerprint density at radius 1 is 1.27 bits per heavy atom. The van der Waals surface area contributed by atoms with Crippen LogP contribution >= 0.6 is 67.4 Å². The van der Waals surface area contributed by atoms with Crippen molar-refractivity contribution in [2.45, 2.75) is 12.8 Å². The predicted octanol–water partition coefficient (Wildman–Crippen LogP) is 6.19. The number of thioether (sulfide) groups is 1. The van der Waals surface area contributed by atoms with Gasteiger partial charge in [-0.1, -0.05) is 51.5 Å². The number of benzene rings is 2. The number of carbonyl (C=O) groups is 2. The Labute approximate surface area is 205 Å². The lowest BCUT2D eigenvalue weighted by Gasteiger charge is -2.14. The van der Waals surface area contributed by atoms with Gasteiger partial charge >= 0.3 is 0 Å². The number of phenolic OH excluding ortho intramolecular Hbond substituents is 1. The number of amides is 2. The summed E-state index contributed by atoms with van der Waals surface area (Å²) >= 11 is 19.0. The minimum absolute atomic E-state index is 0.0438. The van der Waals surface area contributed by atoms with E-state index >= 15 is 0 Å². The summed E-state index contributed by atoms with van der Waals surface area (Å²) in [5.74, 6) is -0.344. The first-order valence-corrected chi connectivity index (χ1v) is 11.9. The second-order valence-corrected chi connectivity index (χ2v) is 10.2. The van der Waals surface area contributed by atoms with E-state index < -0.39 is 0 Å². The van der Waals surface area contributed by atoms with E-state index in [1.165, 1.54) is 16.7 Å². The number of anilines is 1. The van der Waals surface area contributed by atoms with Crippen LogP contribution in [0.15, 0.2) is 50.2 Å². The highest BCUT2D eigenvalue weighted by atomic mass is 79.9. The number of hydrogen-bond acceptors (Lipinski definition) is 5. The molecule has 10 heteroatoms. The van der Waals surface area contributed by atoms with Crippen LogP contribution in [-0.4, -0.2) is 32.7 Å². The molecule has 5 nitrogen and oxygen atoms in total. The van der Waals surface area contributed by atoms with Gasteiger partial charge in [0.2, 0.25) is 5.91 Å².